The molecule has 6 heteroatoms. The molecule has 1 atom stereocenters. The van der Waals surface area contributed by atoms with E-state index in [0.29, 0.717) is 17.3 Å². The van der Waals surface area contributed by atoms with Gasteiger partial charge in [-0.15, -0.1) is 0 Å². The number of para-hydroxylation sites is 1. The minimum atomic E-state index is -0.499. The average Bonchev–Trinajstić information content (AvgIpc) is 3.19. The Kier molecular flexibility index (Phi) is 4.72. The summed E-state index contributed by atoms with van der Waals surface area (Å²) in [5.41, 5.74) is 3.71. The van der Waals surface area contributed by atoms with Crippen LogP contribution in [0.25, 0.3) is 10.9 Å². The highest BCUT2D eigenvalue weighted by Gasteiger charge is 2.39. The smallest absolute Gasteiger partial charge is 0.251 e. The number of hydrogen-bond donors (Lipinski definition) is 2. The molecule has 1 saturated heterocycles. The summed E-state index contributed by atoms with van der Waals surface area (Å²) < 4.78 is 0. The summed E-state index contributed by atoms with van der Waals surface area (Å²) in [6.07, 6.45) is 2.94. The molecular formula is C21H20ClN3O2. The first-order chi connectivity index (χ1) is 13.0. The SMILES string of the molecule is Cc1ccc(Cl)cc1N1C(=O)C[C@@H](NCCc2c[nH]c3ccccc23)C1=O. The lowest BCUT2D eigenvalue weighted by molar-refractivity contribution is -0.121. The number of H-pyrrole nitrogens is 1. The normalized spacial score (nSPS) is 17.3. The number of aromatic amines is 1. The van der Waals surface area contributed by atoms with Crippen molar-refractivity contribution in [3.63, 3.8) is 0 Å². The van der Waals surface area contributed by atoms with Crippen LogP contribution in [-0.4, -0.2) is 29.4 Å². The van der Waals surface area contributed by atoms with Crippen molar-refractivity contribution in [2.75, 3.05) is 11.4 Å². The number of amides is 2. The zero-order chi connectivity index (χ0) is 19.0. The molecule has 0 unspecified atom stereocenters. The molecule has 5 nitrogen and oxygen atoms in total. The van der Waals surface area contributed by atoms with E-state index < -0.39 is 6.04 Å². The molecule has 2 amide bonds. The molecule has 0 saturated carbocycles. The largest absolute Gasteiger partial charge is 0.361 e. The fraction of sp³-hybridized carbons (Fsp3) is 0.238. The van der Waals surface area contributed by atoms with Gasteiger partial charge in [0.1, 0.15) is 0 Å². The summed E-state index contributed by atoms with van der Waals surface area (Å²) in [7, 11) is 0. The quantitative estimate of drug-likeness (QED) is 0.664. The number of aryl methyl sites for hydroxylation is 1. The Hall–Kier alpha value is -2.63. The Labute approximate surface area is 162 Å². The number of fused-ring (bicyclic) bond motifs is 1. The maximum absolute atomic E-state index is 12.8. The highest BCUT2D eigenvalue weighted by atomic mass is 35.5. The van der Waals surface area contributed by atoms with Crippen LogP contribution in [0.3, 0.4) is 0 Å². The number of carbonyl (C=O) groups is 2. The number of rotatable bonds is 5. The first kappa shape index (κ1) is 17.8. The second kappa shape index (κ2) is 7.18. The molecule has 1 fully saturated rings. The van der Waals surface area contributed by atoms with Crippen LogP contribution in [-0.2, 0) is 16.0 Å². The topological polar surface area (TPSA) is 65.2 Å². The molecule has 27 heavy (non-hydrogen) atoms. The van der Waals surface area contributed by atoms with Crippen molar-refractivity contribution < 1.29 is 9.59 Å². The number of halogens is 1. The highest BCUT2D eigenvalue weighted by molar-refractivity contribution is 6.31. The minimum Gasteiger partial charge on any atom is -0.361 e. The van der Waals surface area contributed by atoms with E-state index in [-0.39, 0.29) is 18.2 Å². The summed E-state index contributed by atoms with van der Waals surface area (Å²) in [6.45, 7) is 2.48. The Morgan fingerprint density at radius 1 is 1.22 bits per heavy atom. The van der Waals surface area contributed by atoms with Crippen LogP contribution in [0.1, 0.15) is 17.5 Å². The predicted molar refractivity (Wildman–Crippen MR) is 107 cm³/mol. The maximum atomic E-state index is 12.8. The molecule has 1 aromatic heterocycles. The third-order valence-corrected chi connectivity index (χ3v) is 5.25. The van der Waals surface area contributed by atoms with E-state index in [4.69, 9.17) is 11.6 Å². The molecule has 4 rings (SSSR count). The molecule has 0 bridgehead atoms. The number of anilines is 1. The van der Waals surface area contributed by atoms with Crippen molar-refractivity contribution in [1.82, 2.24) is 10.3 Å². The van der Waals surface area contributed by atoms with Gasteiger partial charge < -0.3 is 10.3 Å². The molecule has 0 aliphatic carbocycles. The van der Waals surface area contributed by atoms with Crippen molar-refractivity contribution in [3.8, 4) is 0 Å². The van der Waals surface area contributed by atoms with Gasteiger partial charge in [-0.1, -0.05) is 35.9 Å². The van der Waals surface area contributed by atoms with Crippen molar-refractivity contribution >= 4 is 40.0 Å². The average molecular weight is 382 g/mol. The number of hydrogen-bond acceptors (Lipinski definition) is 3. The van der Waals surface area contributed by atoms with Gasteiger partial charge in [-0.2, -0.15) is 0 Å². The minimum absolute atomic E-state index is 0.165. The van der Waals surface area contributed by atoms with E-state index in [2.05, 4.69) is 16.4 Å². The fourth-order valence-corrected chi connectivity index (χ4v) is 3.75. The zero-order valence-corrected chi connectivity index (χ0v) is 15.7. The number of nitrogens with zero attached hydrogens (tertiary/aromatic N) is 1. The summed E-state index contributed by atoms with van der Waals surface area (Å²) >= 11 is 6.05. The summed E-state index contributed by atoms with van der Waals surface area (Å²) in [4.78, 5) is 29.7. The van der Waals surface area contributed by atoms with Crippen LogP contribution in [0.2, 0.25) is 5.02 Å². The van der Waals surface area contributed by atoms with Gasteiger partial charge in [-0.05, 0) is 42.7 Å². The lowest BCUT2D eigenvalue weighted by Gasteiger charge is -2.18. The summed E-state index contributed by atoms with van der Waals surface area (Å²) in [5.74, 6) is -0.417. The van der Waals surface area contributed by atoms with Gasteiger partial charge in [-0.3, -0.25) is 9.59 Å². The highest BCUT2D eigenvalue weighted by Crippen LogP contribution is 2.29. The van der Waals surface area contributed by atoms with Gasteiger partial charge in [0.25, 0.3) is 5.91 Å². The Morgan fingerprint density at radius 3 is 2.89 bits per heavy atom. The monoisotopic (exact) mass is 381 g/mol. The van der Waals surface area contributed by atoms with Gasteiger partial charge >= 0.3 is 0 Å². The van der Waals surface area contributed by atoms with E-state index in [1.807, 2.05) is 37.4 Å². The lowest BCUT2D eigenvalue weighted by atomic mass is 10.1. The second-order valence-corrected chi connectivity index (χ2v) is 7.25. The number of benzene rings is 2. The molecule has 2 heterocycles. The molecule has 1 aliphatic rings. The number of aromatic nitrogens is 1. The first-order valence-corrected chi connectivity index (χ1v) is 9.34. The number of nitrogens with one attached hydrogen (secondary N) is 2. The van der Waals surface area contributed by atoms with E-state index >= 15 is 0 Å². The summed E-state index contributed by atoms with van der Waals surface area (Å²) in [5, 5.41) is 4.93. The first-order valence-electron chi connectivity index (χ1n) is 8.96. The Balaban J connectivity index is 1.44. The molecule has 2 aromatic carbocycles. The molecule has 138 valence electrons. The van der Waals surface area contributed by atoms with Gasteiger partial charge in [0.05, 0.1) is 18.2 Å². The van der Waals surface area contributed by atoms with Crippen molar-refractivity contribution in [1.29, 1.82) is 0 Å². The Bertz CT molecular complexity index is 1030. The van der Waals surface area contributed by atoms with Crippen LogP contribution in [0.5, 0.6) is 0 Å². The molecular weight excluding hydrogens is 362 g/mol. The molecule has 1 aliphatic heterocycles. The zero-order valence-electron chi connectivity index (χ0n) is 15.0. The van der Waals surface area contributed by atoms with Crippen LogP contribution < -0.4 is 10.2 Å². The van der Waals surface area contributed by atoms with Gasteiger partial charge in [0.15, 0.2) is 0 Å². The van der Waals surface area contributed by atoms with Crippen LogP contribution in [0.15, 0.2) is 48.7 Å². The van der Waals surface area contributed by atoms with Crippen molar-refractivity contribution in [2.24, 2.45) is 0 Å². The lowest BCUT2D eigenvalue weighted by Crippen LogP contribution is -2.39. The van der Waals surface area contributed by atoms with Gasteiger partial charge in [0, 0.05) is 28.7 Å². The predicted octanol–water partition coefficient (Wildman–Crippen LogP) is 3.59. The molecule has 0 spiro atoms. The van der Waals surface area contributed by atoms with E-state index in [0.717, 1.165) is 17.5 Å². The van der Waals surface area contributed by atoms with Crippen LogP contribution in [0.4, 0.5) is 5.69 Å². The third kappa shape index (κ3) is 3.36. The van der Waals surface area contributed by atoms with Crippen molar-refractivity contribution in [2.45, 2.75) is 25.8 Å². The van der Waals surface area contributed by atoms with Crippen LogP contribution >= 0.6 is 11.6 Å². The second-order valence-electron chi connectivity index (χ2n) is 6.82. The van der Waals surface area contributed by atoms with Gasteiger partial charge in [-0.25, -0.2) is 4.90 Å². The van der Waals surface area contributed by atoms with E-state index in [1.165, 1.54) is 15.8 Å². The number of carbonyl (C=O) groups excluding carboxylic acids is 2. The summed E-state index contributed by atoms with van der Waals surface area (Å²) in [6, 6.07) is 12.9. The Morgan fingerprint density at radius 2 is 2.04 bits per heavy atom. The van der Waals surface area contributed by atoms with E-state index in [1.54, 1.807) is 12.1 Å². The molecule has 3 aromatic rings. The van der Waals surface area contributed by atoms with Crippen LogP contribution in [0, 0.1) is 6.92 Å². The van der Waals surface area contributed by atoms with Gasteiger partial charge in [0.2, 0.25) is 5.91 Å². The maximum Gasteiger partial charge on any atom is 0.251 e. The third-order valence-electron chi connectivity index (χ3n) is 5.02. The molecule has 0 radical (unpaired) electrons. The standard InChI is InChI=1S/C21H20ClN3O2/c1-13-6-7-15(22)10-19(13)25-20(26)11-18(21(25)27)23-9-8-14-12-24-17-5-3-2-4-16(14)17/h2-7,10,12,18,23-24H,8-9,11H2,1H3/t18-/m1/s1. The van der Waals surface area contributed by atoms with Crippen molar-refractivity contribution in [3.05, 3.63) is 64.8 Å². The number of imide groups is 1. The fourth-order valence-electron chi connectivity index (χ4n) is 3.59. The van der Waals surface area contributed by atoms with E-state index in [9.17, 15) is 9.59 Å². The molecule has 2 N–H and O–H groups in total.